The van der Waals surface area contributed by atoms with E-state index >= 15 is 0 Å². The number of benzene rings is 1. The van der Waals surface area contributed by atoms with Crippen molar-refractivity contribution < 1.29 is 9.47 Å². The van der Waals surface area contributed by atoms with Gasteiger partial charge in [-0.2, -0.15) is 0 Å². The molecule has 3 heteroatoms. The summed E-state index contributed by atoms with van der Waals surface area (Å²) in [4.78, 5) is 0. The Hall–Kier alpha value is -0.900. The molecule has 0 fully saturated rings. The van der Waals surface area contributed by atoms with E-state index in [4.69, 9.17) is 9.47 Å². The number of hydrogen-bond donors (Lipinski definition) is 1. The topological polar surface area (TPSA) is 30.5 Å². The van der Waals surface area contributed by atoms with Crippen LogP contribution in [0.25, 0.3) is 0 Å². The second kappa shape index (κ2) is 10.8. The lowest BCUT2D eigenvalue weighted by Gasteiger charge is -2.19. The van der Waals surface area contributed by atoms with Crippen LogP contribution in [0.5, 0.6) is 0 Å². The molecule has 0 amide bonds. The van der Waals surface area contributed by atoms with Crippen LogP contribution in [0.4, 0.5) is 0 Å². The van der Waals surface area contributed by atoms with Gasteiger partial charge >= 0.3 is 0 Å². The van der Waals surface area contributed by atoms with Crippen LogP contribution in [0, 0.1) is 6.92 Å². The van der Waals surface area contributed by atoms with E-state index in [1.165, 1.54) is 17.5 Å². The molecule has 0 spiro atoms. The highest BCUT2D eigenvalue weighted by Crippen LogP contribution is 2.17. The summed E-state index contributed by atoms with van der Waals surface area (Å²) >= 11 is 0. The fourth-order valence-electron chi connectivity index (χ4n) is 2.02. The lowest BCUT2D eigenvalue weighted by molar-refractivity contribution is 0.00377. The lowest BCUT2D eigenvalue weighted by atomic mass is 10.1. The molecule has 1 aromatic carbocycles. The van der Waals surface area contributed by atoms with Crippen molar-refractivity contribution in [2.75, 3.05) is 32.9 Å². The van der Waals surface area contributed by atoms with E-state index in [-0.39, 0.29) is 6.10 Å². The van der Waals surface area contributed by atoms with Crippen LogP contribution in [-0.2, 0) is 9.47 Å². The van der Waals surface area contributed by atoms with Crippen molar-refractivity contribution in [1.82, 2.24) is 5.32 Å². The summed E-state index contributed by atoms with van der Waals surface area (Å²) in [5, 5.41) is 3.36. The Labute approximate surface area is 123 Å². The van der Waals surface area contributed by atoms with E-state index in [0.717, 1.165) is 26.1 Å². The first-order chi connectivity index (χ1) is 9.77. The highest BCUT2D eigenvalue weighted by atomic mass is 16.5. The maximum atomic E-state index is 5.98. The van der Waals surface area contributed by atoms with E-state index in [1.807, 2.05) is 0 Å². The normalized spacial score (nSPS) is 12.6. The van der Waals surface area contributed by atoms with Gasteiger partial charge in [0.05, 0.1) is 19.3 Å². The van der Waals surface area contributed by atoms with Gasteiger partial charge in [0.25, 0.3) is 0 Å². The summed E-state index contributed by atoms with van der Waals surface area (Å²) in [5.41, 5.74) is 2.51. The van der Waals surface area contributed by atoms with E-state index < -0.39 is 0 Å². The number of hydrogen-bond acceptors (Lipinski definition) is 3. The van der Waals surface area contributed by atoms with Crippen molar-refractivity contribution in [2.24, 2.45) is 0 Å². The molecule has 1 aromatic rings. The molecular formula is C17H29NO2. The number of ether oxygens (including phenoxy) is 2. The smallest absolute Gasteiger partial charge is 0.0950 e. The Morgan fingerprint density at radius 3 is 2.70 bits per heavy atom. The highest BCUT2D eigenvalue weighted by molar-refractivity contribution is 5.24. The van der Waals surface area contributed by atoms with Crippen LogP contribution in [0.2, 0.25) is 0 Å². The molecule has 0 heterocycles. The molecule has 1 rings (SSSR count). The second-order valence-corrected chi connectivity index (χ2v) is 5.05. The fraction of sp³-hybridized carbons (Fsp3) is 0.647. The molecule has 0 saturated carbocycles. The maximum Gasteiger partial charge on any atom is 0.0950 e. The predicted octanol–water partition coefficient (Wildman–Crippen LogP) is 3.48. The molecular weight excluding hydrogens is 250 g/mol. The minimum atomic E-state index is 0.102. The summed E-state index contributed by atoms with van der Waals surface area (Å²) in [5.74, 6) is 0. The zero-order chi connectivity index (χ0) is 14.6. The van der Waals surface area contributed by atoms with Gasteiger partial charge in [0.15, 0.2) is 0 Å². The predicted molar refractivity (Wildman–Crippen MR) is 84.1 cm³/mol. The highest BCUT2D eigenvalue weighted by Gasteiger charge is 2.11. The average molecular weight is 279 g/mol. The molecule has 0 aliphatic carbocycles. The molecule has 0 aliphatic rings. The summed E-state index contributed by atoms with van der Waals surface area (Å²) in [7, 11) is 0. The molecule has 0 bridgehead atoms. The molecule has 0 radical (unpaired) electrons. The molecule has 1 N–H and O–H groups in total. The first-order valence-electron chi connectivity index (χ1n) is 7.74. The largest absolute Gasteiger partial charge is 0.379 e. The van der Waals surface area contributed by atoms with Gasteiger partial charge in [-0.25, -0.2) is 0 Å². The zero-order valence-corrected chi connectivity index (χ0v) is 13.2. The monoisotopic (exact) mass is 279 g/mol. The summed E-state index contributed by atoms with van der Waals surface area (Å²) in [6.45, 7) is 10.4. The van der Waals surface area contributed by atoms with E-state index in [1.54, 1.807) is 0 Å². The summed E-state index contributed by atoms with van der Waals surface area (Å²) in [6, 6.07) is 8.53. The quantitative estimate of drug-likeness (QED) is 0.629. The third-order valence-corrected chi connectivity index (χ3v) is 3.18. The molecule has 0 aliphatic heterocycles. The van der Waals surface area contributed by atoms with Crippen molar-refractivity contribution in [3.8, 4) is 0 Å². The lowest BCUT2D eigenvalue weighted by Crippen LogP contribution is -2.24. The van der Waals surface area contributed by atoms with Crippen LogP contribution in [0.1, 0.15) is 43.9 Å². The minimum Gasteiger partial charge on any atom is -0.379 e. The minimum absolute atomic E-state index is 0.102. The summed E-state index contributed by atoms with van der Waals surface area (Å²) in [6.07, 6.45) is 2.40. The van der Waals surface area contributed by atoms with Crippen molar-refractivity contribution in [3.05, 3.63) is 35.4 Å². The molecule has 3 nitrogen and oxygen atoms in total. The van der Waals surface area contributed by atoms with Crippen molar-refractivity contribution in [1.29, 1.82) is 0 Å². The third kappa shape index (κ3) is 7.04. The average Bonchev–Trinajstić information content (AvgIpc) is 2.45. The molecule has 0 saturated heterocycles. The van der Waals surface area contributed by atoms with Gasteiger partial charge in [0.2, 0.25) is 0 Å². The van der Waals surface area contributed by atoms with Crippen molar-refractivity contribution in [3.63, 3.8) is 0 Å². The van der Waals surface area contributed by atoms with Crippen LogP contribution >= 0.6 is 0 Å². The van der Waals surface area contributed by atoms with Gasteiger partial charge in [-0.1, -0.05) is 50.1 Å². The second-order valence-electron chi connectivity index (χ2n) is 5.05. The first kappa shape index (κ1) is 17.2. The van der Waals surface area contributed by atoms with E-state index in [2.05, 4.69) is 50.4 Å². The van der Waals surface area contributed by atoms with Crippen LogP contribution in [0.15, 0.2) is 24.3 Å². The van der Waals surface area contributed by atoms with E-state index in [0.29, 0.717) is 13.2 Å². The number of rotatable bonds is 11. The molecule has 1 unspecified atom stereocenters. The van der Waals surface area contributed by atoms with Crippen LogP contribution < -0.4 is 5.32 Å². The number of aryl methyl sites for hydroxylation is 1. The van der Waals surface area contributed by atoms with Gasteiger partial charge in [-0.05, 0) is 25.5 Å². The first-order valence-corrected chi connectivity index (χ1v) is 7.74. The van der Waals surface area contributed by atoms with Crippen molar-refractivity contribution >= 4 is 0 Å². The molecule has 20 heavy (non-hydrogen) atoms. The Morgan fingerprint density at radius 1 is 1.15 bits per heavy atom. The Kier molecular flexibility index (Phi) is 9.29. The van der Waals surface area contributed by atoms with E-state index in [9.17, 15) is 0 Å². The van der Waals surface area contributed by atoms with Crippen LogP contribution in [0.3, 0.4) is 0 Å². The molecule has 114 valence electrons. The zero-order valence-electron chi connectivity index (χ0n) is 13.2. The fourth-order valence-corrected chi connectivity index (χ4v) is 2.02. The summed E-state index contributed by atoms with van der Waals surface area (Å²) < 4.78 is 11.5. The van der Waals surface area contributed by atoms with Crippen molar-refractivity contribution in [2.45, 2.75) is 39.7 Å². The van der Waals surface area contributed by atoms with Gasteiger partial charge in [-0.3, -0.25) is 0 Å². The number of unbranched alkanes of at least 4 members (excludes halogenated alkanes) is 1. The SMILES string of the molecule is CCCCOCCOC(CNCC)c1cccc(C)c1. The van der Waals surface area contributed by atoms with Gasteiger partial charge in [0, 0.05) is 13.2 Å². The molecule has 0 aromatic heterocycles. The number of likely N-dealkylation sites (N-methyl/N-ethyl adjacent to an activating group) is 1. The Morgan fingerprint density at radius 2 is 2.00 bits per heavy atom. The van der Waals surface area contributed by atoms with Gasteiger partial charge in [-0.15, -0.1) is 0 Å². The van der Waals surface area contributed by atoms with Gasteiger partial charge < -0.3 is 14.8 Å². The third-order valence-electron chi connectivity index (χ3n) is 3.18. The number of nitrogens with one attached hydrogen (secondary N) is 1. The molecule has 1 atom stereocenters. The Balaban J connectivity index is 2.40. The van der Waals surface area contributed by atoms with Gasteiger partial charge in [0.1, 0.15) is 0 Å². The standard InChI is InChI=1S/C17H29NO2/c1-4-6-10-19-11-12-20-17(14-18-5-2)16-9-7-8-15(3)13-16/h7-9,13,17-18H,4-6,10-12,14H2,1-3H3. The maximum absolute atomic E-state index is 5.98. The van der Waals surface area contributed by atoms with Crippen LogP contribution in [-0.4, -0.2) is 32.9 Å². The Bertz CT molecular complexity index is 355.